The summed E-state index contributed by atoms with van der Waals surface area (Å²) < 4.78 is 0. The third-order valence-corrected chi connectivity index (χ3v) is 3.70. The van der Waals surface area contributed by atoms with Crippen LogP contribution >= 0.6 is 0 Å². The summed E-state index contributed by atoms with van der Waals surface area (Å²) in [7, 11) is 0. The first-order valence-electron chi connectivity index (χ1n) is 7.67. The first kappa shape index (κ1) is 16.4. The second-order valence-electron chi connectivity index (χ2n) is 6.95. The maximum atomic E-state index is 11.8. The highest BCUT2D eigenvalue weighted by molar-refractivity contribution is 5.91. The molecular formula is C16H24N4O2. The SMILES string of the molecule is C[C@H]1C[C@@H]1C(=O)NCCC(=O)Nc1cnc(C(C)(C)C)nc1. The topological polar surface area (TPSA) is 84.0 Å². The van der Waals surface area contributed by atoms with Gasteiger partial charge in [0.2, 0.25) is 11.8 Å². The van der Waals surface area contributed by atoms with E-state index >= 15 is 0 Å². The van der Waals surface area contributed by atoms with E-state index in [0.29, 0.717) is 18.2 Å². The van der Waals surface area contributed by atoms with Gasteiger partial charge in [0.05, 0.1) is 18.1 Å². The van der Waals surface area contributed by atoms with Crippen molar-refractivity contribution >= 4 is 17.5 Å². The Labute approximate surface area is 131 Å². The smallest absolute Gasteiger partial charge is 0.226 e. The van der Waals surface area contributed by atoms with Crippen molar-refractivity contribution < 1.29 is 9.59 Å². The minimum atomic E-state index is -0.156. The zero-order valence-electron chi connectivity index (χ0n) is 13.6. The number of anilines is 1. The van der Waals surface area contributed by atoms with Crippen LogP contribution in [0.25, 0.3) is 0 Å². The van der Waals surface area contributed by atoms with Crippen LogP contribution < -0.4 is 10.6 Å². The fourth-order valence-corrected chi connectivity index (χ4v) is 2.12. The summed E-state index contributed by atoms with van der Waals surface area (Å²) in [6, 6.07) is 0. The Morgan fingerprint density at radius 3 is 2.36 bits per heavy atom. The lowest BCUT2D eigenvalue weighted by atomic mass is 9.96. The Balaban J connectivity index is 1.73. The molecule has 0 radical (unpaired) electrons. The molecule has 2 N–H and O–H groups in total. The fourth-order valence-electron chi connectivity index (χ4n) is 2.12. The number of carbonyl (C=O) groups excluding carboxylic acids is 2. The molecule has 2 amide bonds. The molecule has 1 aromatic rings. The fraction of sp³-hybridized carbons (Fsp3) is 0.625. The van der Waals surface area contributed by atoms with Crippen LogP contribution in [0.1, 0.15) is 46.4 Å². The zero-order valence-corrected chi connectivity index (χ0v) is 13.6. The molecule has 0 unspecified atom stereocenters. The summed E-state index contributed by atoms with van der Waals surface area (Å²) in [5.41, 5.74) is 0.451. The van der Waals surface area contributed by atoms with Crippen molar-refractivity contribution in [2.24, 2.45) is 11.8 Å². The Bertz CT molecular complexity index is 548. The molecule has 0 aromatic carbocycles. The molecule has 1 heterocycles. The summed E-state index contributed by atoms with van der Waals surface area (Å²) >= 11 is 0. The van der Waals surface area contributed by atoms with Crippen LogP contribution in [0.15, 0.2) is 12.4 Å². The van der Waals surface area contributed by atoms with E-state index in [0.717, 1.165) is 12.2 Å². The van der Waals surface area contributed by atoms with E-state index < -0.39 is 0 Å². The molecular weight excluding hydrogens is 280 g/mol. The molecule has 2 atom stereocenters. The molecule has 0 aliphatic heterocycles. The molecule has 1 saturated carbocycles. The van der Waals surface area contributed by atoms with Crippen molar-refractivity contribution in [1.29, 1.82) is 0 Å². The van der Waals surface area contributed by atoms with Gasteiger partial charge in [-0.25, -0.2) is 9.97 Å². The number of aromatic nitrogens is 2. The van der Waals surface area contributed by atoms with Gasteiger partial charge in [0.15, 0.2) is 0 Å². The number of hydrogen-bond acceptors (Lipinski definition) is 4. The largest absolute Gasteiger partial charge is 0.355 e. The van der Waals surface area contributed by atoms with Crippen LogP contribution in [0.4, 0.5) is 5.69 Å². The normalized spacial score (nSPS) is 20.4. The van der Waals surface area contributed by atoms with Crippen molar-refractivity contribution in [3.05, 3.63) is 18.2 Å². The van der Waals surface area contributed by atoms with Gasteiger partial charge in [-0.15, -0.1) is 0 Å². The Morgan fingerprint density at radius 2 is 1.86 bits per heavy atom. The number of nitrogens with one attached hydrogen (secondary N) is 2. The number of rotatable bonds is 5. The number of amides is 2. The average molecular weight is 304 g/mol. The first-order chi connectivity index (χ1) is 10.3. The number of carbonyl (C=O) groups is 2. The lowest BCUT2D eigenvalue weighted by Crippen LogP contribution is -2.29. The van der Waals surface area contributed by atoms with Gasteiger partial charge in [0, 0.05) is 24.3 Å². The summed E-state index contributed by atoms with van der Waals surface area (Å²) in [6.45, 7) is 8.50. The molecule has 0 bridgehead atoms. The van der Waals surface area contributed by atoms with Crippen LogP contribution in [0.5, 0.6) is 0 Å². The third kappa shape index (κ3) is 4.51. The van der Waals surface area contributed by atoms with E-state index in [1.165, 1.54) is 0 Å². The summed E-state index contributed by atoms with van der Waals surface area (Å²) in [5.74, 6) is 1.25. The van der Waals surface area contributed by atoms with Gasteiger partial charge >= 0.3 is 0 Å². The van der Waals surface area contributed by atoms with E-state index in [-0.39, 0.29) is 29.6 Å². The predicted molar refractivity (Wildman–Crippen MR) is 84.3 cm³/mol. The third-order valence-electron chi connectivity index (χ3n) is 3.70. The Kier molecular flexibility index (Phi) is 4.78. The predicted octanol–water partition coefficient (Wildman–Crippen LogP) is 1.87. The lowest BCUT2D eigenvalue weighted by Gasteiger charge is -2.16. The zero-order chi connectivity index (χ0) is 16.3. The van der Waals surface area contributed by atoms with Gasteiger partial charge < -0.3 is 10.6 Å². The molecule has 6 heteroatoms. The summed E-state index contributed by atoms with van der Waals surface area (Å²) in [6.07, 6.45) is 4.41. The van der Waals surface area contributed by atoms with Crippen LogP contribution in [0.3, 0.4) is 0 Å². The Morgan fingerprint density at radius 1 is 1.27 bits per heavy atom. The molecule has 0 saturated heterocycles. The van der Waals surface area contributed by atoms with E-state index in [2.05, 4.69) is 27.5 Å². The summed E-state index contributed by atoms with van der Waals surface area (Å²) in [4.78, 5) is 31.9. The van der Waals surface area contributed by atoms with Gasteiger partial charge in [0.1, 0.15) is 5.82 Å². The first-order valence-corrected chi connectivity index (χ1v) is 7.67. The number of hydrogen-bond donors (Lipinski definition) is 2. The maximum Gasteiger partial charge on any atom is 0.226 e. The minimum Gasteiger partial charge on any atom is -0.355 e. The van der Waals surface area contributed by atoms with Gasteiger partial charge in [-0.05, 0) is 12.3 Å². The molecule has 120 valence electrons. The quantitative estimate of drug-likeness (QED) is 0.870. The monoisotopic (exact) mass is 304 g/mol. The van der Waals surface area contributed by atoms with Gasteiger partial charge in [-0.2, -0.15) is 0 Å². The highest BCUT2D eigenvalue weighted by atomic mass is 16.2. The van der Waals surface area contributed by atoms with Gasteiger partial charge in [-0.1, -0.05) is 27.7 Å². The summed E-state index contributed by atoms with van der Waals surface area (Å²) in [5, 5.41) is 5.52. The van der Waals surface area contributed by atoms with E-state index in [1.807, 2.05) is 20.8 Å². The van der Waals surface area contributed by atoms with E-state index in [4.69, 9.17) is 0 Å². The van der Waals surface area contributed by atoms with Crippen LogP contribution in [0.2, 0.25) is 0 Å². The van der Waals surface area contributed by atoms with Crippen molar-refractivity contribution in [2.75, 3.05) is 11.9 Å². The van der Waals surface area contributed by atoms with Crippen LogP contribution in [-0.4, -0.2) is 28.3 Å². The molecule has 1 aliphatic carbocycles. The van der Waals surface area contributed by atoms with Crippen molar-refractivity contribution in [3.63, 3.8) is 0 Å². The van der Waals surface area contributed by atoms with Crippen LogP contribution in [-0.2, 0) is 15.0 Å². The molecule has 2 rings (SSSR count). The van der Waals surface area contributed by atoms with Crippen molar-refractivity contribution in [2.45, 2.75) is 46.0 Å². The maximum absolute atomic E-state index is 11.8. The second-order valence-corrected chi connectivity index (χ2v) is 6.95. The molecule has 22 heavy (non-hydrogen) atoms. The molecule has 0 spiro atoms. The average Bonchev–Trinajstić information content (AvgIpc) is 3.15. The van der Waals surface area contributed by atoms with E-state index in [9.17, 15) is 9.59 Å². The highest BCUT2D eigenvalue weighted by Gasteiger charge is 2.38. The molecule has 1 aromatic heterocycles. The van der Waals surface area contributed by atoms with Crippen molar-refractivity contribution in [3.8, 4) is 0 Å². The lowest BCUT2D eigenvalue weighted by molar-refractivity contribution is -0.122. The molecule has 1 aliphatic rings. The standard InChI is InChI=1S/C16H24N4O2/c1-10-7-12(10)14(22)17-6-5-13(21)20-11-8-18-15(19-9-11)16(2,3)4/h8-10,12H,5-7H2,1-4H3,(H,17,22)(H,20,21)/t10-,12-/m0/s1. The van der Waals surface area contributed by atoms with Crippen molar-refractivity contribution in [1.82, 2.24) is 15.3 Å². The Hall–Kier alpha value is -1.98. The second kappa shape index (κ2) is 6.42. The minimum absolute atomic E-state index is 0.0539. The molecule has 1 fully saturated rings. The van der Waals surface area contributed by atoms with Crippen LogP contribution in [0, 0.1) is 11.8 Å². The molecule has 6 nitrogen and oxygen atoms in total. The van der Waals surface area contributed by atoms with Gasteiger partial charge in [-0.3, -0.25) is 9.59 Å². The highest BCUT2D eigenvalue weighted by Crippen LogP contribution is 2.37. The van der Waals surface area contributed by atoms with E-state index in [1.54, 1.807) is 12.4 Å². The van der Waals surface area contributed by atoms with Gasteiger partial charge in [0.25, 0.3) is 0 Å². The number of nitrogens with zero attached hydrogens (tertiary/aromatic N) is 2.